The van der Waals surface area contributed by atoms with Gasteiger partial charge in [-0.05, 0) is 24.3 Å². The highest BCUT2D eigenvalue weighted by atomic mass is 35.5. The summed E-state index contributed by atoms with van der Waals surface area (Å²) in [6.07, 6.45) is 8.04. The van der Waals surface area contributed by atoms with E-state index in [1.54, 1.807) is 0 Å². The van der Waals surface area contributed by atoms with E-state index in [-0.39, 0.29) is 24.2 Å². The Morgan fingerprint density at radius 3 is 2.73 bits per heavy atom. The molecule has 1 aromatic heterocycles. The van der Waals surface area contributed by atoms with Crippen molar-refractivity contribution in [1.82, 2.24) is 20.0 Å². The highest BCUT2D eigenvalue weighted by Crippen LogP contribution is 2.30. The molecular weight excluding hydrogens is 300 g/mol. The number of hydrogen-bond acceptors (Lipinski definition) is 3. The van der Waals surface area contributed by atoms with Crippen LogP contribution in [0.3, 0.4) is 0 Å². The summed E-state index contributed by atoms with van der Waals surface area (Å²) in [6.45, 7) is 7.24. The number of carbonyl (C=O) groups excluding carboxylic acids is 1. The first kappa shape index (κ1) is 17.0. The molecule has 3 rings (SSSR count). The van der Waals surface area contributed by atoms with Gasteiger partial charge < -0.3 is 10.2 Å². The van der Waals surface area contributed by atoms with Crippen LogP contribution < -0.4 is 5.32 Å². The van der Waals surface area contributed by atoms with Crippen LogP contribution in [0, 0.1) is 11.8 Å². The molecule has 2 saturated heterocycles. The number of carbonyl (C=O) groups is 1. The Morgan fingerprint density at radius 2 is 2.14 bits per heavy atom. The van der Waals surface area contributed by atoms with Gasteiger partial charge >= 0.3 is 0 Å². The van der Waals surface area contributed by atoms with E-state index in [2.05, 4.69) is 17.0 Å². The summed E-state index contributed by atoms with van der Waals surface area (Å²) in [5.41, 5.74) is 1.17. The van der Waals surface area contributed by atoms with Gasteiger partial charge in [-0.25, -0.2) is 0 Å². The average molecular weight is 325 g/mol. The zero-order valence-electron chi connectivity index (χ0n) is 13.1. The molecule has 2 aliphatic rings. The Kier molecular flexibility index (Phi) is 5.64. The molecule has 122 valence electrons. The van der Waals surface area contributed by atoms with Crippen LogP contribution in [-0.2, 0) is 11.8 Å². The van der Waals surface area contributed by atoms with E-state index in [1.807, 2.05) is 35.1 Å². The van der Waals surface area contributed by atoms with Crippen LogP contribution in [0.1, 0.15) is 24.3 Å². The summed E-state index contributed by atoms with van der Waals surface area (Å²) < 4.78 is 1.81. The molecular formula is C16H25ClN4O. The van der Waals surface area contributed by atoms with Crippen molar-refractivity contribution in [1.29, 1.82) is 0 Å². The molecule has 1 aromatic rings. The van der Waals surface area contributed by atoms with Crippen molar-refractivity contribution in [3.63, 3.8) is 0 Å². The largest absolute Gasteiger partial charge is 0.342 e. The fraction of sp³-hybridized carbons (Fsp3) is 0.625. The first-order valence-corrected chi connectivity index (χ1v) is 7.79. The number of halogens is 1. The van der Waals surface area contributed by atoms with Crippen LogP contribution in [0.5, 0.6) is 0 Å². The van der Waals surface area contributed by atoms with Gasteiger partial charge in [-0.3, -0.25) is 9.48 Å². The maximum absolute atomic E-state index is 12.8. The lowest BCUT2D eigenvalue weighted by Crippen LogP contribution is -2.43. The third-order valence-electron chi connectivity index (χ3n) is 4.87. The van der Waals surface area contributed by atoms with Gasteiger partial charge in [0.25, 0.3) is 0 Å². The maximum Gasteiger partial charge on any atom is 0.227 e. The number of amides is 1. The summed E-state index contributed by atoms with van der Waals surface area (Å²) in [5.74, 6) is 1.18. The van der Waals surface area contributed by atoms with Gasteiger partial charge in [-0.1, -0.05) is 6.08 Å². The lowest BCUT2D eigenvalue weighted by Gasteiger charge is -2.33. The standard InChI is InChI=1S/C16H24N4O.ClH/c1-3-12-4-6-20(7-5-12)16(21)15-10-17-9-14(15)13-8-18-19(2)11-13;/h3,8,11-12,14-15,17H,1,4-7,9-10H2,2H3;1H/t14-,15+;/m1./s1. The van der Waals surface area contributed by atoms with Gasteiger partial charge in [0, 0.05) is 45.3 Å². The number of allylic oxidation sites excluding steroid dienone is 1. The monoisotopic (exact) mass is 324 g/mol. The average Bonchev–Trinajstić information content (AvgIpc) is 3.15. The molecule has 0 aliphatic carbocycles. The molecule has 5 nitrogen and oxygen atoms in total. The van der Waals surface area contributed by atoms with Crippen LogP contribution in [0.2, 0.25) is 0 Å². The summed E-state index contributed by atoms with van der Waals surface area (Å²) in [5, 5.41) is 7.61. The fourth-order valence-electron chi connectivity index (χ4n) is 3.51. The lowest BCUT2D eigenvalue weighted by atomic mass is 9.88. The minimum absolute atomic E-state index is 0. The molecule has 2 aliphatic heterocycles. The quantitative estimate of drug-likeness (QED) is 0.859. The molecule has 0 bridgehead atoms. The number of hydrogen-bond donors (Lipinski definition) is 1. The third kappa shape index (κ3) is 3.36. The Morgan fingerprint density at radius 1 is 1.41 bits per heavy atom. The van der Waals surface area contributed by atoms with Gasteiger partial charge in [0.1, 0.15) is 0 Å². The van der Waals surface area contributed by atoms with E-state index in [4.69, 9.17) is 0 Å². The molecule has 0 radical (unpaired) electrons. The molecule has 1 N–H and O–H groups in total. The first-order chi connectivity index (χ1) is 10.2. The molecule has 2 fully saturated rings. The SMILES string of the molecule is C=CC1CCN(C(=O)[C@H]2CNC[C@@H]2c2cnn(C)c2)CC1.Cl. The van der Waals surface area contributed by atoms with Crippen molar-refractivity contribution in [2.75, 3.05) is 26.2 Å². The summed E-state index contributed by atoms with van der Waals surface area (Å²) in [6, 6.07) is 0. The first-order valence-electron chi connectivity index (χ1n) is 7.79. The second-order valence-electron chi connectivity index (χ2n) is 6.22. The van der Waals surface area contributed by atoms with E-state index < -0.39 is 0 Å². The van der Waals surface area contributed by atoms with Gasteiger partial charge in [0.05, 0.1) is 12.1 Å². The zero-order valence-corrected chi connectivity index (χ0v) is 13.9. The molecule has 0 aromatic carbocycles. The second kappa shape index (κ2) is 7.29. The summed E-state index contributed by atoms with van der Waals surface area (Å²) in [7, 11) is 1.92. The van der Waals surface area contributed by atoms with Crippen LogP contribution >= 0.6 is 12.4 Å². The van der Waals surface area contributed by atoms with Crippen LogP contribution in [0.25, 0.3) is 0 Å². The molecule has 6 heteroatoms. The Bertz CT molecular complexity index is 522. The molecule has 1 amide bonds. The molecule has 0 spiro atoms. The zero-order chi connectivity index (χ0) is 14.8. The number of rotatable bonds is 3. The predicted octanol–water partition coefficient (Wildman–Crippen LogP) is 1.57. The molecule has 3 heterocycles. The predicted molar refractivity (Wildman–Crippen MR) is 89.1 cm³/mol. The van der Waals surface area contributed by atoms with Crippen molar-refractivity contribution in [3.8, 4) is 0 Å². The summed E-state index contributed by atoms with van der Waals surface area (Å²) in [4.78, 5) is 14.9. The highest BCUT2D eigenvalue weighted by Gasteiger charge is 2.37. The van der Waals surface area contributed by atoms with Gasteiger partial charge in [0.15, 0.2) is 0 Å². The van der Waals surface area contributed by atoms with Crippen molar-refractivity contribution in [3.05, 3.63) is 30.6 Å². The van der Waals surface area contributed by atoms with Crippen molar-refractivity contribution in [2.45, 2.75) is 18.8 Å². The number of nitrogens with one attached hydrogen (secondary N) is 1. The van der Waals surface area contributed by atoms with E-state index in [0.717, 1.165) is 39.0 Å². The van der Waals surface area contributed by atoms with E-state index in [9.17, 15) is 4.79 Å². The van der Waals surface area contributed by atoms with Crippen LogP contribution in [0.4, 0.5) is 0 Å². The highest BCUT2D eigenvalue weighted by molar-refractivity contribution is 5.85. The molecule has 0 saturated carbocycles. The normalized spacial score (nSPS) is 25.8. The second-order valence-corrected chi connectivity index (χ2v) is 6.22. The molecule has 22 heavy (non-hydrogen) atoms. The van der Waals surface area contributed by atoms with E-state index in [1.165, 1.54) is 5.56 Å². The molecule has 0 unspecified atom stereocenters. The smallest absolute Gasteiger partial charge is 0.227 e. The van der Waals surface area contributed by atoms with E-state index >= 15 is 0 Å². The maximum atomic E-state index is 12.8. The Balaban J connectivity index is 0.00000176. The van der Waals surface area contributed by atoms with Crippen molar-refractivity contribution >= 4 is 18.3 Å². The topological polar surface area (TPSA) is 50.2 Å². The Labute approximate surface area is 138 Å². The minimum Gasteiger partial charge on any atom is -0.342 e. The third-order valence-corrected chi connectivity index (χ3v) is 4.87. The van der Waals surface area contributed by atoms with Gasteiger partial charge in [0.2, 0.25) is 5.91 Å². The number of nitrogens with zero attached hydrogens (tertiary/aromatic N) is 3. The molecule has 2 atom stereocenters. The van der Waals surface area contributed by atoms with E-state index in [0.29, 0.717) is 11.8 Å². The van der Waals surface area contributed by atoms with Crippen LogP contribution in [0.15, 0.2) is 25.0 Å². The van der Waals surface area contributed by atoms with Gasteiger partial charge in [-0.15, -0.1) is 19.0 Å². The number of likely N-dealkylation sites (tertiary alicyclic amines) is 1. The lowest BCUT2D eigenvalue weighted by molar-refractivity contribution is -0.136. The van der Waals surface area contributed by atoms with Gasteiger partial charge in [-0.2, -0.15) is 5.10 Å². The fourth-order valence-corrected chi connectivity index (χ4v) is 3.51. The number of aryl methyl sites for hydroxylation is 1. The van der Waals surface area contributed by atoms with Crippen molar-refractivity contribution in [2.24, 2.45) is 18.9 Å². The summed E-state index contributed by atoms with van der Waals surface area (Å²) >= 11 is 0. The minimum atomic E-state index is 0. The van der Waals surface area contributed by atoms with Crippen LogP contribution in [-0.4, -0.2) is 46.8 Å². The Hall–Kier alpha value is -1.33. The van der Waals surface area contributed by atoms with Crippen molar-refractivity contribution < 1.29 is 4.79 Å². The number of aromatic nitrogens is 2. The number of piperidine rings is 1.